The van der Waals surface area contributed by atoms with Crippen molar-refractivity contribution in [2.75, 3.05) is 31.1 Å². The SMILES string of the molecule is CC(C)OC(=O)N1CCC(ON=C2CCN(c3cc(F)c(Cn4cccn4)cc3F)CC2)CC1. The number of hydrogen-bond acceptors (Lipinski definition) is 6. The summed E-state index contributed by atoms with van der Waals surface area (Å²) in [6.45, 7) is 6.08. The predicted molar refractivity (Wildman–Crippen MR) is 124 cm³/mol. The fourth-order valence-corrected chi connectivity index (χ4v) is 4.18. The molecule has 2 fully saturated rings. The Labute approximate surface area is 198 Å². The number of hydrogen-bond donors (Lipinski definition) is 0. The second-order valence-electron chi connectivity index (χ2n) is 8.97. The molecule has 0 unspecified atom stereocenters. The predicted octanol–water partition coefficient (Wildman–Crippen LogP) is 4.19. The summed E-state index contributed by atoms with van der Waals surface area (Å²) >= 11 is 0. The van der Waals surface area contributed by atoms with Gasteiger partial charge in [0.05, 0.1) is 24.0 Å². The minimum absolute atomic E-state index is 0.0394. The maximum absolute atomic E-state index is 14.8. The summed E-state index contributed by atoms with van der Waals surface area (Å²) in [5, 5.41) is 8.37. The van der Waals surface area contributed by atoms with E-state index in [1.165, 1.54) is 12.1 Å². The smallest absolute Gasteiger partial charge is 0.410 e. The van der Waals surface area contributed by atoms with Gasteiger partial charge in [-0.05, 0) is 26.0 Å². The monoisotopic (exact) mass is 475 g/mol. The summed E-state index contributed by atoms with van der Waals surface area (Å²) in [6.07, 6.45) is 5.49. The Morgan fingerprint density at radius 3 is 2.53 bits per heavy atom. The van der Waals surface area contributed by atoms with E-state index in [1.54, 1.807) is 28.0 Å². The molecule has 0 N–H and O–H groups in total. The van der Waals surface area contributed by atoms with Crippen LogP contribution in [0.5, 0.6) is 0 Å². The van der Waals surface area contributed by atoms with Crippen LogP contribution in [0.15, 0.2) is 35.7 Å². The highest BCUT2D eigenvalue weighted by Crippen LogP contribution is 2.26. The van der Waals surface area contributed by atoms with Crippen molar-refractivity contribution in [3.05, 3.63) is 47.8 Å². The maximum Gasteiger partial charge on any atom is 0.410 e. The lowest BCUT2D eigenvalue weighted by atomic mass is 10.1. The first-order valence-electron chi connectivity index (χ1n) is 11.8. The Hall–Kier alpha value is -3.17. The highest BCUT2D eigenvalue weighted by Gasteiger charge is 2.26. The van der Waals surface area contributed by atoms with Gasteiger partial charge in [0.25, 0.3) is 0 Å². The molecular formula is C24H31F2N5O3. The van der Waals surface area contributed by atoms with Gasteiger partial charge in [0.15, 0.2) is 0 Å². The zero-order valence-corrected chi connectivity index (χ0v) is 19.6. The zero-order valence-electron chi connectivity index (χ0n) is 19.6. The normalized spacial score (nSPS) is 17.3. The van der Waals surface area contributed by atoms with Crippen molar-refractivity contribution in [2.45, 2.75) is 58.3 Å². The van der Waals surface area contributed by atoms with Crippen molar-refractivity contribution in [2.24, 2.45) is 5.16 Å². The van der Waals surface area contributed by atoms with Gasteiger partial charge in [0.2, 0.25) is 0 Å². The quantitative estimate of drug-likeness (QED) is 0.586. The highest BCUT2D eigenvalue weighted by atomic mass is 19.1. The maximum atomic E-state index is 14.8. The molecule has 34 heavy (non-hydrogen) atoms. The van der Waals surface area contributed by atoms with E-state index < -0.39 is 11.6 Å². The fourth-order valence-electron chi connectivity index (χ4n) is 4.18. The number of piperidine rings is 2. The lowest BCUT2D eigenvalue weighted by molar-refractivity contribution is 0.00415. The summed E-state index contributed by atoms with van der Waals surface area (Å²) < 4.78 is 36.2. The first-order chi connectivity index (χ1) is 16.4. The molecule has 0 spiro atoms. The minimum atomic E-state index is -0.446. The van der Waals surface area contributed by atoms with Gasteiger partial charge in [-0.25, -0.2) is 13.6 Å². The highest BCUT2D eigenvalue weighted by molar-refractivity contribution is 5.86. The van der Waals surface area contributed by atoms with Gasteiger partial charge in [-0.2, -0.15) is 5.10 Å². The van der Waals surface area contributed by atoms with Crippen LogP contribution in [0.1, 0.15) is 45.1 Å². The number of carbonyl (C=O) groups is 1. The lowest BCUT2D eigenvalue weighted by Gasteiger charge is -2.32. The Bertz CT molecular complexity index is 994. The molecule has 10 heteroatoms. The molecular weight excluding hydrogens is 444 g/mol. The van der Waals surface area contributed by atoms with E-state index in [-0.39, 0.29) is 36.1 Å². The summed E-state index contributed by atoms with van der Waals surface area (Å²) in [6, 6.07) is 4.26. The molecule has 0 aliphatic carbocycles. The van der Waals surface area contributed by atoms with Crippen molar-refractivity contribution in [1.82, 2.24) is 14.7 Å². The topological polar surface area (TPSA) is 72.2 Å². The first kappa shape index (κ1) is 24.0. The average molecular weight is 476 g/mol. The van der Waals surface area contributed by atoms with Crippen LogP contribution in [0.3, 0.4) is 0 Å². The molecule has 4 rings (SSSR count). The van der Waals surface area contributed by atoms with Crippen LogP contribution in [0.4, 0.5) is 19.3 Å². The molecule has 3 heterocycles. The molecule has 1 amide bonds. The number of amides is 1. The number of anilines is 1. The van der Waals surface area contributed by atoms with Crippen LogP contribution >= 0.6 is 0 Å². The lowest BCUT2D eigenvalue weighted by Crippen LogP contribution is -2.41. The Morgan fingerprint density at radius 2 is 1.88 bits per heavy atom. The van der Waals surface area contributed by atoms with E-state index in [0.717, 1.165) is 5.71 Å². The molecule has 1 aromatic heterocycles. The number of likely N-dealkylation sites (tertiary alicyclic amines) is 1. The average Bonchev–Trinajstić information content (AvgIpc) is 3.33. The van der Waals surface area contributed by atoms with Crippen LogP contribution in [0.25, 0.3) is 0 Å². The van der Waals surface area contributed by atoms with Crippen LogP contribution in [-0.2, 0) is 16.1 Å². The van der Waals surface area contributed by atoms with E-state index >= 15 is 0 Å². The molecule has 184 valence electrons. The molecule has 0 radical (unpaired) electrons. The van der Waals surface area contributed by atoms with Crippen molar-refractivity contribution in [3.8, 4) is 0 Å². The minimum Gasteiger partial charge on any atom is -0.447 e. The van der Waals surface area contributed by atoms with Gasteiger partial charge in [-0.15, -0.1) is 0 Å². The van der Waals surface area contributed by atoms with E-state index in [4.69, 9.17) is 9.57 Å². The molecule has 2 aliphatic rings. The summed E-state index contributed by atoms with van der Waals surface area (Å²) in [5.41, 5.74) is 1.44. The van der Waals surface area contributed by atoms with Gasteiger partial charge < -0.3 is 19.4 Å². The van der Waals surface area contributed by atoms with Crippen molar-refractivity contribution in [3.63, 3.8) is 0 Å². The van der Waals surface area contributed by atoms with Gasteiger partial charge in [0.1, 0.15) is 17.7 Å². The van der Waals surface area contributed by atoms with Crippen molar-refractivity contribution in [1.29, 1.82) is 0 Å². The third kappa shape index (κ3) is 6.03. The Kier molecular flexibility index (Phi) is 7.64. The molecule has 0 saturated carbocycles. The molecule has 0 bridgehead atoms. The molecule has 2 aliphatic heterocycles. The van der Waals surface area contributed by atoms with Gasteiger partial charge in [-0.1, -0.05) is 5.16 Å². The van der Waals surface area contributed by atoms with E-state index in [9.17, 15) is 13.6 Å². The van der Waals surface area contributed by atoms with Crippen molar-refractivity contribution < 1.29 is 23.1 Å². The number of oxime groups is 1. The zero-order chi connectivity index (χ0) is 24.1. The van der Waals surface area contributed by atoms with Crippen molar-refractivity contribution >= 4 is 17.5 Å². The number of benzene rings is 1. The number of nitrogens with zero attached hydrogens (tertiary/aromatic N) is 5. The van der Waals surface area contributed by atoms with Crippen LogP contribution < -0.4 is 4.90 Å². The van der Waals surface area contributed by atoms with Crippen LogP contribution in [0, 0.1) is 11.6 Å². The van der Waals surface area contributed by atoms with Crippen LogP contribution in [-0.4, -0.2) is 64.9 Å². The van der Waals surface area contributed by atoms with E-state index in [0.29, 0.717) is 51.9 Å². The molecule has 1 aromatic carbocycles. The number of ether oxygens (including phenoxy) is 1. The third-order valence-electron chi connectivity index (χ3n) is 6.06. The summed E-state index contributed by atoms with van der Waals surface area (Å²) in [4.78, 5) is 21.2. The van der Waals surface area contributed by atoms with Gasteiger partial charge >= 0.3 is 6.09 Å². The van der Waals surface area contributed by atoms with Crippen LogP contribution in [0.2, 0.25) is 0 Å². The van der Waals surface area contributed by atoms with E-state index in [1.807, 2.05) is 18.7 Å². The fraction of sp³-hybridized carbons (Fsp3) is 0.542. The largest absolute Gasteiger partial charge is 0.447 e. The number of rotatable bonds is 6. The molecule has 0 atom stereocenters. The second kappa shape index (κ2) is 10.8. The third-order valence-corrected chi connectivity index (χ3v) is 6.06. The second-order valence-corrected chi connectivity index (χ2v) is 8.97. The summed E-state index contributed by atoms with van der Waals surface area (Å²) in [7, 11) is 0. The van der Waals surface area contributed by atoms with E-state index in [2.05, 4.69) is 10.3 Å². The molecule has 2 aromatic rings. The Morgan fingerprint density at radius 1 is 1.15 bits per heavy atom. The first-order valence-corrected chi connectivity index (χ1v) is 11.8. The molecule has 2 saturated heterocycles. The summed E-state index contributed by atoms with van der Waals surface area (Å²) in [5.74, 6) is -0.888. The number of carbonyl (C=O) groups excluding carboxylic acids is 1. The number of aromatic nitrogens is 2. The Balaban J connectivity index is 1.26. The van der Waals surface area contributed by atoms with Gasteiger partial charge in [-0.3, -0.25) is 4.68 Å². The van der Waals surface area contributed by atoms with Gasteiger partial charge in [0, 0.05) is 75.9 Å². The molecule has 8 nitrogen and oxygen atoms in total. The number of halogens is 2. The standard InChI is InChI=1S/C24H31F2N5O3/c1-17(2)33-24(32)30-12-6-20(7-13-30)34-28-19-4-10-29(11-5-19)23-15-21(25)18(14-22(23)26)16-31-9-3-8-27-31/h3,8-9,14-15,17,20H,4-7,10-13,16H2,1-2H3.